The number of rotatable bonds is 6. The number of aromatic carboxylic acids is 1. The number of urea groups is 1. The largest absolute Gasteiger partial charge is 0.478 e. The van der Waals surface area contributed by atoms with Gasteiger partial charge in [-0.1, -0.05) is 6.92 Å². The van der Waals surface area contributed by atoms with E-state index in [1.807, 2.05) is 6.92 Å². The van der Waals surface area contributed by atoms with Crippen molar-refractivity contribution < 1.29 is 28.2 Å². The molecule has 0 aliphatic carbocycles. The topological polar surface area (TPSA) is 87.7 Å². The Hall–Kier alpha value is -2.22. The molecule has 116 valence electrons. The molecule has 1 aromatic carbocycles. The lowest BCUT2D eigenvalue weighted by Crippen LogP contribution is -2.33. The minimum absolute atomic E-state index is 0.0494. The van der Waals surface area contributed by atoms with E-state index in [0.717, 1.165) is 6.07 Å². The fraction of sp³-hybridized carbons (Fsp3) is 0.385. The maximum Gasteiger partial charge on any atom is 0.338 e. The second-order valence-corrected chi connectivity index (χ2v) is 4.51. The van der Waals surface area contributed by atoms with Crippen LogP contribution in [0.4, 0.5) is 19.3 Å². The third-order valence-corrected chi connectivity index (χ3v) is 2.60. The molecule has 0 aliphatic heterocycles. The van der Waals surface area contributed by atoms with Gasteiger partial charge in [0.2, 0.25) is 0 Å². The normalized spacial score (nSPS) is 11.8. The summed E-state index contributed by atoms with van der Waals surface area (Å²) < 4.78 is 31.6. The molecule has 0 saturated heterocycles. The van der Waals surface area contributed by atoms with Gasteiger partial charge in [-0.3, -0.25) is 0 Å². The smallest absolute Gasteiger partial charge is 0.338 e. The monoisotopic (exact) mass is 302 g/mol. The van der Waals surface area contributed by atoms with Gasteiger partial charge in [-0.05, 0) is 12.0 Å². The predicted octanol–water partition coefficient (Wildman–Crippen LogP) is 2.07. The highest BCUT2D eigenvalue weighted by Gasteiger charge is 2.16. The van der Waals surface area contributed by atoms with Gasteiger partial charge in [0.05, 0.1) is 17.9 Å². The number of hydrogen-bond acceptors (Lipinski definition) is 3. The molecule has 0 bridgehead atoms. The van der Waals surface area contributed by atoms with Crippen molar-refractivity contribution in [1.82, 2.24) is 5.32 Å². The van der Waals surface area contributed by atoms with Crippen LogP contribution in [0.25, 0.3) is 0 Å². The first kappa shape index (κ1) is 16.8. The van der Waals surface area contributed by atoms with Gasteiger partial charge in [-0.2, -0.15) is 0 Å². The van der Waals surface area contributed by atoms with E-state index < -0.39 is 34.9 Å². The third-order valence-electron chi connectivity index (χ3n) is 2.60. The van der Waals surface area contributed by atoms with E-state index in [0.29, 0.717) is 12.7 Å². The Morgan fingerprint density at radius 3 is 2.57 bits per heavy atom. The van der Waals surface area contributed by atoms with E-state index in [-0.39, 0.29) is 12.5 Å². The number of ether oxygens (including phenoxy) is 1. The highest BCUT2D eigenvalue weighted by atomic mass is 19.1. The van der Waals surface area contributed by atoms with Crippen LogP contribution in [0, 0.1) is 17.6 Å². The fourth-order valence-electron chi connectivity index (χ4n) is 1.59. The third kappa shape index (κ3) is 4.99. The molecule has 6 nitrogen and oxygen atoms in total. The van der Waals surface area contributed by atoms with Gasteiger partial charge >= 0.3 is 12.0 Å². The quantitative estimate of drug-likeness (QED) is 0.750. The summed E-state index contributed by atoms with van der Waals surface area (Å²) in [4.78, 5) is 22.3. The molecular weight excluding hydrogens is 286 g/mol. The molecule has 8 heteroatoms. The van der Waals surface area contributed by atoms with E-state index in [1.165, 1.54) is 7.11 Å². The minimum Gasteiger partial charge on any atom is -0.478 e. The summed E-state index contributed by atoms with van der Waals surface area (Å²) in [5, 5.41) is 13.3. The second kappa shape index (κ2) is 7.53. The molecule has 1 rings (SSSR count). The van der Waals surface area contributed by atoms with E-state index in [1.54, 1.807) is 0 Å². The molecule has 1 unspecified atom stereocenters. The van der Waals surface area contributed by atoms with Crippen LogP contribution in [0.5, 0.6) is 0 Å². The summed E-state index contributed by atoms with van der Waals surface area (Å²) in [6.07, 6.45) is 0. The van der Waals surface area contributed by atoms with Crippen molar-refractivity contribution in [1.29, 1.82) is 0 Å². The van der Waals surface area contributed by atoms with E-state index >= 15 is 0 Å². The Morgan fingerprint density at radius 1 is 1.33 bits per heavy atom. The number of hydrogen-bond donors (Lipinski definition) is 3. The molecule has 21 heavy (non-hydrogen) atoms. The molecule has 0 saturated carbocycles. The van der Waals surface area contributed by atoms with Crippen molar-refractivity contribution in [2.24, 2.45) is 5.92 Å². The Bertz CT molecular complexity index is 537. The lowest BCUT2D eigenvalue weighted by atomic mass is 10.2. The first-order valence-corrected chi connectivity index (χ1v) is 6.11. The summed E-state index contributed by atoms with van der Waals surface area (Å²) in [5.74, 6) is -3.77. The first-order chi connectivity index (χ1) is 9.85. The zero-order valence-electron chi connectivity index (χ0n) is 11.6. The summed E-state index contributed by atoms with van der Waals surface area (Å²) in [5.41, 5.74) is -1.13. The second-order valence-electron chi connectivity index (χ2n) is 4.51. The number of carbonyl (C=O) groups excluding carboxylic acids is 1. The zero-order valence-corrected chi connectivity index (χ0v) is 11.6. The summed E-state index contributed by atoms with van der Waals surface area (Å²) >= 11 is 0. The number of halogens is 2. The van der Waals surface area contributed by atoms with Crippen LogP contribution >= 0.6 is 0 Å². The Labute approximate surface area is 120 Å². The SMILES string of the molecule is COCC(C)CNC(=O)Nc1cc(C(=O)O)c(F)cc1F. The lowest BCUT2D eigenvalue weighted by molar-refractivity contribution is 0.0692. The highest BCUT2D eigenvalue weighted by molar-refractivity contribution is 5.93. The maximum atomic E-state index is 13.5. The fourth-order valence-corrected chi connectivity index (χ4v) is 1.59. The first-order valence-electron chi connectivity index (χ1n) is 6.11. The predicted molar refractivity (Wildman–Crippen MR) is 71.4 cm³/mol. The zero-order chi connectivity index (χ0) is 16.0. The average molecular weight is 302 g/mol. The van der Waals surface area contributed by atoms with Gasteiger partial charge in [0.25, 0.3) is 0 Å². The lowest BCUT2D eigenvalue weighted by Gasteiger charge is -2.13. The van der Waals surface area contributed by atoms with Crippen molar-refractivity contribution in [2.45, 2.75) is 6.92 Å². The molecule has 1 atom stereocenters. The molecule has 0 aromatic heterocycles. The average Bonchev–Trinajstić information content (AvgIpc) is 2.39. The number of carbonyl (C=O) groups is 2. The molecule has 0 radical (unpaired) electrons. The number of carboxylic acid groups (broad SMARTS) is 1. The van der Waals surface area contributed by atoms with Crippen molar-refractivity contribution in [3.63, 3.8) is 0 Å². The number of carboxylic acids is 1. The van der Waals surface area contributed by atoms with Gasteiger partial charge in [0, 0.05) is 19.7 Å². The molecular formula is C13H16F2N2O4. The highest BCUT2D eigenvalue weighted by Crippen LogP contribution is 2.19. The number of anilines is 1. The van der Waals surface area contributed by atoms with Crippen molar-refractivity contribution >= 4 is 17.7 Å². The van der Waals surface area contributed by atoms with Gasteiger partial charge in [0.15, 0.2) is 0 Å². The molecule has 0 heterocycles. The standard InChI is InChI=1S/C13H16F2N2O4/c1-7(6-21-2)5-16-13(20)17-11-3-8(12(18)19)9(14)4-10(11)15/h3-4,7H,5-6H2,1-2H3,(H,18,19)(H2,16,17,20). The van der Waals surface area contributed by atoms with Gasteiger partial charge < -0.3 is 20.5 Å². The van der Waals surface area contributed by atoms with Gasteiger partial charge in [-0.15, -0.1) is 0 Å². The van der Waals surface area contributed by atoms with Crippen molar-refractivity contribution in [3.8, 4) is 0 Å². The molecule has 0 fully saturated rings. The number of amides is 2. The molecule has 1 aromatic rings. The van der Waals surface area contributed by atoms with Gasteiger partial charge in [-0.25, -0.2) is 18.4 Å². The Balaban J connectivity index is 2.72. The van der Waals surface area contributed by atoms with Crippen LogP contribution in [0.15, 0.2) is 12.1 Å². The van der Waals surface area contributed by atoms with Crippen molar-refractivity contribution in [3.05, 3.63) is 29.3 Å². The molecule has 0 aliphatic rings. The van der Waals surface area contributed by atoms with Crippen LogP contribution in [-0.4, -0.2) is 37.4 Å². The summed E-state index contributed by atoms with van der Waals surface area (Å²) in [6, 6.07) is 0.414. The molecule has 0 spiro atoms. The van der Waals surface area contributed by atoms with E-state index in [2.05, 4.69) is 10.6 Å². The number of nitrogens with one attached hydrogen (secondary N) is 2. The van der Waals surface area contributed by atoms with Crippen LogP contribution in [0.3, 0.4) is 0 Å². The molecule has 3 N–H and O–H groups in total. The van der Waals surface area contributed by atoms with Gasteiger partial charge in [0.1, 0.15) is 11.6 Å². The number of benzene rings is 1. The minimum atomic E-state index is -1.55. The number of methoxy groups -OCH3 is 1. The van der Waals surface area contributed by atoms with Crippen LogP contribution in [0.1, 0.15) is 17.3 Å². The Morgan fingerprint density at radius 2 is 2.00 bits per heavy atom. The van der Waals surface area contributed by atoms with Crippen molar-refractivity contribution in [2.75, 3.05) is 25.6 Å². The van der Waals surface area contributed by atoms with Crippen LogP contribution in [0.2, 0.25) is 0 Å². The Kier molecular flexibility index (Phi) is 6.04. The van der Waals surface area contributed by atoms with E-state index in [9.17, 15) is 18.4 Å². The van der Waals surface area contributed by atoms with Crippen LogP contribution in [-0.2, 0) is 4.74 Å². The molecule has 2 amide bonds. The maximum absolute atomic E-state index is 13.5. The summed E-state index contributed by atoms with van der Waals surface area (Å²) in [7, 11) is 1.53. The van der Waals surface area contributed by atoms with Crippen LogP contribution < -0.4 is 10.6 Å². The van der Waals surface area contributed by atoms with E-state index in [4.69, 9.17) is 9.84 Å². The summed E-state index contributed by atoms with van der Waals surface area (Å²) in [6.45, 7) is 2.56.